The first kappa shape index (κ1) is 12.8. The second-order valence-electron chi connectivity index (χ2n) is 3.78. The van der Waals surface area contributed by atoms with E-state index in [2.05, 4.69) is 15.5 Å². The van der Waals surface area contributed by atoms with Crippen LogP contribution in [-0.2, 0) is 0 Å². The van der Waals surface area contributed by atoms with Crippen molar-refractivity contribution in [3.63, 3.8) is 0 Å². The van der Waals surface area contributed by atoms with Crippen molar-refractivity contribution in [3.05, 3.63) is 60.3 Å². The molecule has 0 aliphatic heterocycles. The number of pyridine rings is 1. The van der Waals surface area contributed by atoms with Gasteiger partial charge in [0.25, 0.3) is 5.91 Å². The molecular formula is C14H13N3O2. The summed E-state index contributed by atoms with van der Waals surface area (Å²) >= 11 is 0. The van der Waals surface area contributed by atoms with E-state index in [1.165, 1.54) is 6.20 Å². The van der Waals surface area contributed by atoms with E-state index in [9.17, 15) is 4.79 Å². The molecule has 2 rings (SSSR count). The number of carbonyl (C=O) groups is 1. The molecule has 1 amide bonds. The van der Waals surface area contributed by atoms with Gasteiger partial charge in [-0.15, -0.1) is 0 Å². The second-order valence-corrected chi connectivity index (χ2v) is 3.78. The second kappa shape index (κ2) is 6.30. The summed E-state index contributed by atoms with van der Waals surface area (Å²) < 4.78 is 5.14. The molecule has 2 heterocycles. The van der Waals surface area contributed by atoms with E-state index < -0.39 is 0 Å². The van der Waals surface area contributed by atoms with Crippen LogP contribution in [0, 0.1) is 0 Å². The first-order valence-corrected chi connectivity index (χ1v) is 5.72. The van der Waals surface area contributed by atoms with Gasteiger partial charge in [-0.2, -0.15) is 5.10 Å². The highest BCUT2D eigenvalue weighted by Crippen LogP contribution is 2.02. The molecular weight excluding hydrogens is 242 g/mol. The number of amides is 1. The molecule has 0 bridgehead atoms. The van der Waals surface area contributed by atoms with Gasteiger partial charge in [0.15, 0.2) is 0 Å². The summed E-state index contributed by atoms with van der Waals surface area (Å²) in [4.78, 5) is 15.5. The molecule has 0 aliphatic carbocycles. The predicted molar refractivity (Wildman–Crippen MR) is 72.6 cm³/mol. The first-order chi connectivity index (χ1) is 9.25. The van der Waals surface area contributed by atoms with Crippen LogP contribution >= 0.6 is 0 Å². The molecule has 2 aromatic rings. The van der Waals surface area contributed by atoms with Crippen molar-refractivity contribution in [3.8, 4) is 0 Å². The van der Waals surface area contributed by atoms with Gasteiger partial charge in [0.05, 0.1) is 17.5 Å². The normalized spacial score (nSPS) is 11.7. The molecule has 0 atom stereocenters. The van der Waals surface area contributed by atoms with Crippen molar-refractivity contribution in [2.75, 3.05) is 0 Å². The largest absolute Gasteiger partial charge is 0.465 e. The molecule has 5 nitrogen and oxygen atoms in total. The minimum atomic E-state index is -0.293. The summed E-state index contributed by atoms with van der Waals surface area (Å²) in [6, 6.07) is 7.00. The summed E-state index contributed by atoms with van der Waals surface area (Å²) in [7, 11) is 0. The van der Waals surface area contributed by atoms with E-state index in [-0.39, 0.29) is 5.91 Å². The number of hydrogen-bond acceptors (Lipinski definition) is 4. The zero-order valence-corrected chi connectivity index (χ0v) is 10.4. The fourth-order valence-electron chi connectivity index (χ4n) is 1.33. The van der Waals surface area contributed by atoms with Crippen molar-refractivity contribution in [2.45, 2.75) is 6.92 Å². The summed E-state index contributed by atoms with van der Waals surface area (Å²) in [5.41, 5.74) is 3.58. The van der Waals surface area contributed by atoms with Gasteiger partial charge >= 0.3 is 0 Å². The van der Waals surface area contributed by atoms with E-state index in [1.54, 1.807) is 49.7 Å². The lowest BCUT2D eigenvalue weighted by Crippen LogP contribution is -2.18. The maximum atomic E-state index is 11.7. The number of aromatic nitrogens is 1. The number of rotatable bonds is 4. The molecule has 0 saturated carbocycles. The fraction of sp³-hybridized carbons (Fsp3) is 0.0714. The van der Waals surface area contributed by atoms with E-state index in [0.717, 1.165) is 5.76 Å². The fourth-order valence-corrected chi connectivity index (χ4v) is 1.33. The highest BCUT2D eigenvalue weighted by molar-refractivity contribution is 5.98. The van der Waals surface area contributed by atoms with Gasteiger partial charge < -0.3 is 4.42 Å². The Balaban J connectivity index is 1.93. The van der Waals surface area contributed by atoms with Crippen molar-refractivity contribution in [2.24, 2.45) is 5.10 Å². The molecule has 0 aliphatic rings. The topological polar surface area (TPSA) is 67.5 Å². The minimum absolute atomic E-state index is 0.293. The quantitative estimate of drug-likeness (QED) is 0.674. The highest BCUT2D eigenvalue weighted by Gasteiger charge is 2.02. The Morgan fingerprint density at radius 1 is 1.42 bits per heavy atom. The van der Waals surface area contributed by atoms with E-state index in [4.69, 9.17) is 4.42 Å². The molecule has 1 N–H and O–H groups in total. The number of nitrogens with one attached hydrogen (secondary N) is 1. The minimum Gasteiger partial charge on any atom is -0.465 e. The van der Waals surface area contributed by atoms with Crippen LogP contribution in [0.5, 0.6) is 0 Å². The zero-order valence-electron chi connectivity index (χ0n) is 10.4. The molecule has 0 aromatic carbocycles. The monoisotopic (exact) mass is 255 g/mol. The predicted octanol–water partition coefficient (Wildman–Crippen LogP) is 2.49. The van der Waals surface area contributed by atoms with Crippen molar-refractivity contribution in [1.82, 2.24) is 10.4 Å². The van der Waals surface area contributed by atoms with Crippen LogP contribution in [0.25, 0.3) is 6.08 Å². The van der Waals surface area contributed by atoms with Gasteiger partial charge in [0.2, 0.25) is 0 Å². The van der Waals surface area contributed by atoms with Crippen LogP contribution in [-0.4, -0.2) is 16.6 Å². The van der Waals surface area contributed by atoms with E-state index >= 15 is 0 Å². The summed E-state index contributed by atoms with van der Waals surface area (Å²) in [5, 5.41) is 3.96. The molecule has 0 spiro atoms. The van der Waals surface area contributed by atoms with E-state index in [1.807, 2.05) is 6.07 Å². The van der Waals surface area contributed by atoms with Crippen molar-refractivity contribution >= 4 is 17.7 Å². The number of furan rings is 1. The smallest absolute Gasteiger partial charge is 0.272 e. The lowest BCUT2D eigenvalue weighted by Gasteiger charge is -1.99. The molecule has 19 heavy (non-hydrogen) atoms. The third-order valence-electron chi connectivity index (χ3n) is 2.29. The highest BCUT2D eigenvalue weighted by atomic mass is 16.3. The van der Waals surface area contributed by atoms with Gasteiger partial charge in [0, 0.05) is 12.4 Å². The SMILES string of the molecule is CC(/C=C/c1ccco1)=NNC(=O)c1cccnc1. The van der Waals surface area contributed by atoms with Crippen LogP contribution in [0.3, 0.4) is 0 Å². The molecule has 0 unspecified atom stereocenters. The average Bonchev–Trinajstić information content (AvgIpc) is 2.96. The van der Waals surface area contributed by atoms with Gasteiger partial charge in [-0.05, 0) is 43.3 Å². The molecule has 5 heteroatoms. The third-order valence-corrected chi connectivity index (χ3v) is 2.29. The Morgan fingerprint density at radius 2 is 2.32 bits per heavy atom. The standard InChI is InChI=1S/C14H13N3O2/c1-11(6-7-13-5-3-9-19-13)16-17-14(18)12-4-2-8-15-10-12/h2-10H,1H3,(H,17,18)/b7-6+,16-11?. The zero-order chi connectivity index (χ0) is 13.5. The van der Waals surface area contributed by atoms with Gasteiger partial charge in [0.1, 0.15) is 5.76 Å². The molecule has 0 fully saturated rings. The number of carbonyl (C=O) groups excluding carboxylic acids is 1. The van der Waals surface area contributed by atoms with Crippen LogP contribution < -0.4 is 5.43 Å². The summed E-state index contributed by atoms with van der Waals surface area (Å²) in [5.74, 6) is 0.437. The summed E-state index contributed by atoms with van der Waals surface area (Å²) in [6.45, 7) is 1.78. The van der Waals surface area contributed by atoms with E-state index in [0.29, 0.717) is 11.3 Å². The van der Waals surface area contributed by atoms with Crippen LogP contribution in [0.2, 0.25) is 0 Å². The number of nitrogens with zero attached hydrogens (tertiary/aromatic N) is 2. The average molecular weight is 255 g/mol. The van der Waals surface area contributed by atoms with Crippen LogP contribution in [0.4, 0.5) is 0 Å². The van der Waals surface area contributed by atoms with Crippen LogP contribution in [0.15, 0.2) is 58.5 Å². The van der Waals surface area contributed by atoms with Gasteiger partial charge in [-0.25, -0.2) is 5.43 Å². The third kappa shape index (κ3) is 3.92. The molecule has 0 radical (unpaired) electrons. The first-order valence-electron chi connectivity index (χ1n) is 5.72. The number of hydrazone groups is 1. The summed E-state index contributed by atoms with van der Waals surface area (Å²) in [6.07, 6.45) is 8.21. The maximum Gasteiger partial charge on any atom is 0.272 e. The Labute approximate surface area is 110 Å². The van der Waals surface area contributed by atoms with Gasteiger partial charge in [-0.1, -0.05) is 0 Å². The Morgan fingerprint density at radius 3 is 3.00 bits per heavy atom. The Kier molecular flexibility index (Phi) is 4.23. The van der Waals surface area contributed by atoms with Gasteiger partial charge in [-0.3, -0.25) is 9.78 Å². The maximum absolute atomic E-state index is 11.7. The Hall–Kier alpha value is -2.69. The molecule has 96 valence electrons. The lowest BCUT2D eigenvalue weighted by molar-refractivity contribution is 0.0954. The van der Waals surface area contributed by atoms with Crippen molar-refractivity contribution in [1.29, 1.82) is 0 Å². The molecule has 0 saturated heterocycles. The van der Waals surface area contributed by atoms with Crippen molar-refractivity contribution < 1.29 is 9.21 Å². The Bertz CT molecular complexity index is 586. The lowest BCUT2D eigenvalue weighted by atomic mass is 10.3. The van der Waals surface area contributed by atoms with Crippen LogP contribution in [0.1, 0.15) is 23.0 Å². The number of hydrogen-bond donors (Lipinski definition) is 1. The molecule has 2 aromatic heterocycles. The number of allylic oxidation sites excluding steroid dienone is 1.